The minimum atomic E-state index is -4.37. The lowest BCUT2D eigenvalue weighted by atomic mass is 9.89. The van der Waals surface area contributed by atoms with E-state index in [0.717, 1.165) is 41.2 Å². The molecule has 2 unspecified atom stereocenters. The van der Waals surface area contributed by atoms with Crippen LogP contribution in [-0.4, -0.2) is 12.3 Å². The number of nitrogens with zero attached hydrogens (tertiary/aromatic N) is 1. The van der Waals surface area contributed by atoms with Crippen LogP contribution in [0.3, 0.4) is 0 Å². The number of hydrogen-bond donors (Lipinski definition) is 1. The lowest BCUT2D eigenvalue weighted by Gasteiger charge is -2.21. The molecule has 2 N–H and O–H groups in total. The van der Waals surface area contributed by atoms with Gasteiger partial charge >= 0.3 is 6.18 Å². The van der Waals surface area contributed by atoms with Crippen molar-refractivity contribution in [2.75, 3.05) is 5.73 Å². The molecule has 0 aromatic heterocycles. The molecule has 0 amide bonds. The van der Waals surface area contributed by atoms with Gasteiger partial charge in [0.2, 0.25) is 0 Å². The third kappa shape index (κ3) is 6.33. The molecule has 35 heavy (non-hydrogen) atoms. The van der Waals surface area contributed by atoms with Crippen LogP contribution in [0.15, 0.2) is 71.8 Å². The molecule has 1 aliphatic carbocycles. The number of aryl methyl sites for hydroxylation is 1. The van der Waals surface area contributed by atoms with Crippen molar-refractivity contribution in [3.63, 3.8) is 0 Å². The molecule has 3 rings (SSSR count). The molecular formula is C30H35F3N2. The summed E-state index contributed by atoms with van der Waals surface area (Å²) in [5, 5.41) is 0. The van der Waals surface area contributed by atoms with E-state index in [4.69, 9.17) is 10.7 Å². The van der Waals surface area contributed by atoms with Gasteiger partial charge in [-0.05, 0) is 84.0 Å². The SMILES string of the molecule is C=CC1C=CC(C(CC(C)C)N=Cc2c(N)ccc(-c3ccc(C(F)(F)F)cc3C)c2CC)=CC1. The lowest BCUT2D eigenvalue weighted by Crippen LogP contribution is -2.14. The van der Waals surface area contributed by atoms with Gasteiger partial charge in [0.05, 0.1) is 11.6 Å². The Morgan fingerprint density at radius 2 is 1.89 bits per heavy atom. The maximum Gasteiger partial charge on any atom is 0.416 e. The molecule has 0 radical (unpaired) electrons. The zero-order valence-electron chi connectivity index (χ0n) is 21.0. The number of benzene rings is 2. The number of hydrogen-bond acceptors (Lipinski definition) is 2. The zero-order valence-corrected chi connectivity index (χ0v) is 21.0. The molecule has 2 aromatic rings. The van der Waals surface area contributed by atoms with Crippen LogP contribution in [0.25, 0.3) is 11.1 Å². The number of alkyl halides is 3. The molecule has 5 heteroatoms. The van der Waals surface area contributed by atoms with E-state index in [1.807, 2.05) is 31.3 Å². The van der Waals surface area contributed by atoms with Crippen molar-refractivity contribution >= 4 is 11.9 Å². The Morgan fingerprint density at radius 3 is 2.43 bits per heavy atom. The topological polar surface area (TPSA) is 38.4 Å². The molecule has 0 aliphatic heterocycles. The van der Waals surface area contributed by atoms with Gasteiger partial charge in [0, 0.05) is 17.5 Å². The summed E-state index contributed by atoms with van der Waals surface area (Å²) < 4.78 is 39.5. The molecule has 2 nitrogen and oxygen atoms in total. The maximum absolute atomic E-state index is 13.2. The van der Waals surface area contributed by atoms with Gasteiger partial charge in [-0.1, -0.05) is 57.2 Å². The average Bonchev–Trinajstić information content (AvgIpc) is 2.81. The highest BCUT2D eigenvalue weighted by molar-refractivity contribution is 5.93. The van der Waals surface area contributed by atoms with Crippen molar-refractivity contribution in [1.29, 1.82) is 0 Å². The van der Waals surface area contributed by atoms with Crippen molar-refractivity contribution in [3.8, 4) is 11.1 Å². The Hall–Kier alpha value is -3.08. The monoisotopic (exact) mass is 480 g/mol. The molecule has 1 aliphatic rings. The third-order valence-corrected chi connectivity index (χ3v) is 6.52. The summed E-state index contributed by atoms with van der Waals surface area (Å²) >= 11 is 0. The minimum Gasteiger partial charge on any atom is -0.398 e. The van der Waals surface area contributed by atoms with Gasteiger partial charge in [-0.3, -0.25) is 4.99 Å². The number of allylic oxidation sites excluding steroid dienone is 3. The quantitative estimate of drug-likeness (QED) is 0.230. The second kappa shape index (κ2) is 11.1. The first kappa shape index (κ1) is 26.5. The van der Waals surface area contributed by atoms with Crippen LogP contribution in [-0.2, 0) is 12.6 Å². The highest BCUT2D eigenvalue weighted by Crippen LogP contribution is 2.36. The van der Waals surface area contributed by atoms with Crippen LogP contribution in [0.4, 0.5) is 18.9 Å². The molecule has 0 saturated heterocycles. The fourth-order valence-corrected chi connectivity index (χ4v) is 4.58. The maximum atomic E-state index is 13.2. The predicted molar refractivity (Wildman–Crippen MR) is 142 cm³/mol. The Bertz CT molecular complexity index is 1150. The van der Waals surface area contributed by atoms with Crippen LogP contribution in [0.1, 0.15) is 55.9 Å². The van der Waals surface area contributed by atoms with E-state index in [1.54, 1.807) is 13.0 Å². The molecule has 0 heterocycles. The molecule has 2 atom stereocenters. The van der Waals surface area contributed by atoms with E-state index in [2.05, 4.69) is 38.7 Å². The van der Waals surface area contributed by atoms with E-state index in [-0.39, 0.29) is 6.04 Å². The molecule has 0 saturated carbocycles. The lowest BCUT2D eigenvalue weighted by molar-refractivity contribution is -0.137. The smallest absolute Gasteiger partial charge is 0.398 e. The van der Waals surface area contributed by atoms with Crippen LogP contribution in [0, 0.1) is 18.8 Å². The molecule has 186 valence electrons. The van der Waals surface area contributed by atoms with Gasteiger partial charge in [0.25, 0.3) is 0 Å². The van der Waals surface area contributed by atoms with Crippen molar-refractivity contribution in [2.24, 2.45) is 16.8 Å². The van der Waals surface area contributed by atoms with Crippen LogP contribution in [0.2, 0.25) is 0 Å². The molecule has 0 bridgehead atoms. The molecule has 2 aromatic carbocycles. The summed E-state index contributed by atoms with van der Waals surface area (Å²) in [5.74, 6) is 0.820. The number of rotatable bonds is 8. The standard InChI is InChI=1S/C30H35F3N2/c1-6-21-8-10-22(11-9-21)29(16-19(3)4)35-18-27-24(7-2)26(14-15-28(27)34)25-13-12-23(17-20(25)5)30(31,32)33/h6,8,10-15,17-19,21,29H,1,7,9,16,34H2,2-5H3. The van der Waals surface area contributed by atoms with E-state index in [9.17, 15) is 13.2 Å². The number of nitrogen functional groups attached to an aromatic ring is 1. The fourth-order valence-electron chi connectivity index (χ4n) is 4.58. The van der Waals surface area contributed by atoms with Gasteiger partial charge < -0.3 is 5.73 Å². The fraction of sp³-hybridized carbons (Fsp3) is 0.367. The Morgan fingerprint density at radius 1 is 1.17 bits per heavy atom. The van der Waals surface area contributed by atoms with E-state index in [1.165, 1.54) is 11.6 Å². The Kier molecular flexibility index (Phi) is 8.42. The Labute approximate surface area is 207 Å². The normalized spacial score (nSPS) is 17.1. The predicted octanol–water partition coefficient (Wildman–Crippen LogP) is 8.35. The van der Waals surface area contributed by atoms with Crippen molar-refractivity contribution in [2.45, 2.75) is 59.2 Å². The Balaban J connectivity index is 2.02. The van der Waals surface area contributed by atoms with Gasteiger partial charge in [0.1, 0.15) is 0 Å². The summed E-state index contributed by atoms with van der Waals surface area (Å²) in [5.41, 5.74) is 11.6. The van der Waals surface area contributed by atoms with Crippen molar-refractivity contribution < 1.29 is 13.2 Å². The minimum absolute atomic E-state index is 0.0117. The molecule has 0 fully saturated rings. The van der Waals surface area contributed by atoms with E-state index in [0.29, 0.717) is 29.5 Å². The zero-order chi connectivity index (χ0) is 25.8. The van der Waals surface area contributed by atoms with Crippen molar-refractivity contribution in [3.05, 3.63) is 89.0 Å². The number of anilines is 1. The number of nitrogens with two attached hydrogens (primary N) is 1. The van der Waals surface area contributed by atoms with Gasteiger partial charge in [0.15, 0.2) is 0 Å². The second-order valence-corrected chi connectivity index (χ2v) is 9.60. The highest BCUT2D eigenvalue weighted by Gasteiger charge is 2.30. The summed E-state index contributed by atoms with van der Waals surface area (Å²) in [7, 11) is 0. The molecule has 0 spiro atoms. The van der Waals surface area contributed by atoms with Gasteiger partial charge in [-0.15, -0.1) is 6.58 Å². The van der Waals surface area contributed by atoms with Crippen LogP contribution < -0.4 is 5.73 Å². The summed E-state index contributed by atoms with van der Waals surface area (Å²) in [6.45, 7) is 12.0. The summed E-state index contributed by atoms with van der Waals surface area (Å²) in [4.78, 5) is 4.98. The summed E-state index contributed by atoms with van der Waals surface area (Å²) in [6, 6.07) is 7.63. The van der Waals surface area contributed by atoms with Crippen LogP contribution >= 0.6 is 0 Å². The summed E-state index contributed by atoms with van der Waals surface area (Å²) in [6.07, 6.45) is 8.51. The van der Waals surface area contributed by atoms with Crippen LogP contribution in [0.5, 0.6) is 0 Å². The second-order valence-electron chi connectivity index (χ2n) is 9.60. The van der Waals surface area contributed by atoms with Gasteiger partial charge in [-0.2, -0.15) is 13.2 Å². The first-order valence-electron chi connectivity index (χ1n) is 12.2. The molecular weight excluding hydrogens is 445 g/mol. The average molecular weight is 481 g/mol. The largest absolute Gasteiger partial charge is 0.416 e. The first-order chi connectivity index (χ1) is 16.5. The number of halogens is 3. The highest BCUT2D eigenvalue weighted by atomic mass is 19.4. The van der Waals surface area contributed by atoms with E-state index < -0.39 is 11.7 Å². The number of aliphatic imine (C=N–C) groups is 1. The third-order valence-electron chi connectivity index (χ3n) is 6.52. The van der Waals surface area contributed by atoms with Gasteiger partial charge in [-0.25, -0.2) is 0 Å². The first-order valence-corrected chi connectivity index (χ1v) is 12.2. The van der Waals surface area contributed by atoms with E-state index >= 15 is 0 Å². The van der Waals surface area contributed by atoms with Crippen molar-refractivity contribution in [1.82, 2.24) is 0 Å².